The molecule has 194 valence electrons. The van der Waals surface area contributed by atoms with E-state index < -0.39 is 22.9 Å². The normalized spacial score (nSPS) is 13.2. The summed E-state index contributed by atoms with van der Waals surface area (Å²) >= 11 is 0. The van der Waals surface area contributed by atoms with E-state index in [1.165, 1.54) is 25.1 Å². The predicted octanol–water partition coefficient (Wildman–Crippen LogP) is 3.65. The van der Waals surface area contributed by atoms with Gasteiger partial charge in [-0.1, -0.05) is 12.1 Å². The van der Waals surface area contributed by atoms with Crippen LogP contribution in [0.2, 0.25) is 0 Å². The number of nitrogens with zero attached hydrogens (tertiary/aromatic N) is 3. The van der Waals surface area contributed by atoms with E-state index in [4.69, 9.17) is 4.74 Å². The monoisotopic (exact) mass is 531 g/mol. The van der Waals surface area contributed by atoms with Crippen LogP contribution in [-0.2, 0) is 15.0 Å². The summed E-state index contributed by atoms with van der Waals surface area (Å²) in [6.45, 7) is 0.725. The maximum absolute atomic E-state index is 12.6. The van der Waals surface area contributed by atoms with Crippen molar-refractivity contribution in [2.24, 2.45) is 0 Å². The number of carbonyl (C=O) groups is 1. The van der Waals surface area contributed by atoms with Gasteiger partial charge in [-0.15, -0.1) is 0 Å². The standard InChI is InChI=1S/C24H23F2N5O5S/c1-15(37(33)34)19-14-21(31-10-12-35-13-11-31)30-22(28-19)16-6-8-17(9-7-16)27-24(32)29-18-4-2-3-5-20(18)36-23(25)26/h2-9,14,23H,10-13H2,1H3,(H2,27,29,32). The molecule has 1 aromatic heterocycles. The lowest BCUT2D eigenvalue weighted by atomic mass is 10.2. The van der Waals surface area contributed by atoms with Crippen molar-refractivity contribution >= 4 is 38.4 Å². The Morgan fingerprint density at radius 3 is 2.43 bits per heavy atom. The zero-order valence-electron chi connectivity index (χ0n) is 19.6. The number of rotatable bonds is 7. The fraction of sp³-hybridized carbons (Fsp3) is 0.250. The Kier molecular flexibility index (Phi) is 8.25. The molecule has 37 heavy (non-hydrogen) atoms. The Morgan fingerprint density at radius 1 is 1.05 bits per heavy atom. The first-order chi connectivity index (χ1) is 17.8. The van der Waals surface area contributed by atoms with E-state index in [9.17, 15) is 22.0 Å². The van der Waals surface area contributed by atoms with Crippen molar-refractivity contribution in [2.75, 3.05) is 41.8 Å². The summed E-state index contributed by atoms with van der Waals surface area (Å²) in [6.07, 6.45) is 0. The molecule has 1 aliphatic heterocycles. The molecule has 1 fully saturated rings. The number of benzene rings is 2. The minimum absolute atomic E-state index is 0.0835. The number of anilines is 3. The zero-order chi connectivity index (χ0) is 26.4. The van der Waals surface area contributed by atoms with Crippen molar-refractivity contribution in [2.45, 2.75) is 13.5 Å². The average Bonchev–Trinajstić information content (AvgIpc) is 2.89. The van der Waals surface area contributed by atoms with Gasteiger partial charge in [-0.05, 0) is 43.3 Å². The number of nitrogens with one attached hydrogen (secondary N) is 2. The minimum atomic E-state index is -3.03. The van der Waals surface area contributed by atoms with Crippen LogP contribution in [0.1, 0.15) is 12.6 Å². The van der Waals surface area contributed by atoms with Crippen LogP contribution in [0.4, 0.5) is 30.8 Å². The number of hydrogen-bond acceptors (Lipinski definition) is 8. The molecule has 0 saturated carbocycles. The first kappa shape index (κ1) is 26.0. The SMILES string of the molecule is CC(c1cc(N2CCOCC2)nc(-c2ccc(NC(=O)Nc3ccccc3OC(F)F)cc2)n1)=S(=O)=O. The molecule has 1 saturated heterocycles. The van der Waals surface area contributed by atoms with Gasteiger partial charge in [0, 0.05) is 30.4 Å². The lowest BCUT2D eigenvalue weighted by molar-refractivity contribution is -0.0493. The minimum Gasteiger partial charge on any atom is -0.433 e. The number of halogens is 2. The lowest BCUT2D eigenvalue weighted by Gasteiger charge is -2.28. The number of carbonyl (C=O) groups excluding carboxylic acids is 1. The molecule has 0 spiro atoms. The molecule has 2 heterocycles. The van der Waals surface area contributed by atoms with Crippen molar-refractivity contribution in [3.63, 3.8) is 0 Å². The maximum Gasteiger partial charge on any atom is 0.387 e. The van der Waals surface area contributed by atoms with Gasteiger partial charge >= 0.3 is 12.6 Å². The topological polar surface area (TPSA) is 123 Å². The van der Waals surface area contributed by atoms with E-state index in [1.54, 1.807) is 36.4 Å². The van der Waals surface area contributed by atoms with Crippen LogP contribution in [-0.4, -0.2) is 62.2 Å². The van der Waals surface area contributed by atoms with Gasteiger partial charge in [-0.25, -0.2) is 14.8 Å². The fourth-order valence-corrected chi connectivity index (χ4v) is 3.81. The van der Waals surface area contributed by atoms with Crippen LogP contribution < -0.4 is 20.3 Å². The van der Waals surface area contributed by atoms with E-state index in [-0.39, 0.29) is 22.0 Å². The molecular weight excluding hydrogens is 508 g/mol. The molecule has 2 aromatic carbocycles. The Bertz CT molecular complexity index is 1400. The summed E-state index contributed by atoms with van der Waals surface area (Å²) in [5.74, 6) is 0.736. The summed E-state index contributed by atoms with van der Waals surface area (Å²) in [6, 6.07) is 13.4. The van der Waals surface area contributed by atoms with Crippen molar-refractivity contribution in [3.8, 4) is 17.1 Å². The van der Waals surface area contributed by atoms with E-state index in [2.05, 4.69) is 25.3 Å². The van der Waals surface area contributed by atoms with Crippen LogP contribution in [0.25, 0.3) is 11.4 Å². The molecule has 0 unspecified atom stereocenters. The van der Waals surface area contributed by atoms with Gasteiger partial charge in [-0.3, -0.25) is 0 Å². The summed E-state index contributed by atoms with van der Waals surface area (Å²) in [5, 5.41) is 5.09. The van der Waals surface area contributed by atoms with Crippen molar-refractivity contribution in [1.29, 1.82) is 0 Å². The largest absolute Gasteiger partial charge is 0.433 e. The number of para-hydroxylation sites is 2. The van der Waals surface area contributed by atoms with E-state index >= 15 is 0 Å². The number of amides is 2. The summed E-state index contributed by atoms with van der Waals surface area (Å²) in [7, 11) is -2.44. The first-order valence-electron chi connectivity index (χ1n) is 11.2. The van der Waals surface area contributed by atoms with Crippen molar-refractivity contribution in [1.82, 2.24) is 9.97 Å². The van der Waals surface area contributed by atoms with Crippen molar-refractivity contribution < 1.29 is 31.5 Å². The number of alkyl halides is 2. The molecule has 0 aliphatic carbocycles. The molecule has 1 aliphatic rings. The molecule has 0 bridgehead atoms. The second-order valence-corrected chi connectivity index (χ2v) is 8.94. The Balaban J connectivity index is 1.54. The van der Waals surface area contributed by atoms with Gasteiger partial charge < -0.3 is 25.0 Å². The molecule has 2 amide bonds. The van der Waals surface area contributed by atoms with Crippen LogP contribution in [0.3, 0.4) is 0 Å². The number of hydrogen-bond donors (Lipinski definition) is 2. The lowest BCUT2D eigenvalue weighted by Crippen LogP contribution is -2.37. The third-order valence-corrected chi connectivity index (χ3v) is 6.12. The molecule has 10 nitrogen and oxygen atoms in total. The predicted molar refractivity (Wildman–Crippen MR) is 135 cm³/mol. The molecule has 0 radical (unpaired) electrons. The second kappa shape index (κ2) is 11.8. The number of aromatic nitrogens is 2. The number of morpholine rings is 1. The highest BCUT2D eigenvalue weighted by Gasteiger charge is 2.17. The Morgan fingerprint density at radius 2 is 1.76 bits per heavy atom. The summed E-state index contributed by atoms with van der Waals surface area (Å²) < 4.78 is 58.1. The van der Waals surface area contributed by atoms with Crippen LogP contribution in [0.5, 0.6) is 5.75 Å². The van der Waals surface area contributed by atoms with E-state index in [0.717, 1.165) is 0 Å². The third kappa shape index (κ3) is 6.77. The fourth-order valence-electron chi connectivity index (χ4n) is 3.54. The quantitative estimate of drug-likeness (QED) is 0.350. The van der Waals surface area contributed by atoms with Crippen molar-refractivity contribution in [3.05, 3.63) is 60.3 Å². The summed E-state index contributed by atoms with van der Waals surface area (Å²) in [5.41, 5.74) is 1.38. The highest BCUT2D eigenvalue weighted by molar-refractivity contribution is 7.73. The highest BCUT2D eigenvalue weighted by Crippen LogP contribution is 2.26. The van der Waals surface area contributed by atoms with E-state index in [0.29, 0.717) is 49.2 Å². The van der Waals surface area contributed by atoms with Gasteiger partial charge in [0.25, 0.3) is 0 Å². The van der Waals surface area contributed by atoms with Crippen LogP contribution in [0.15, 0.2) is 54.6 Å². The Labute approximate surface area is 212 Å². The molecule has 0 atom stereocenters. The zero-order valence-corrected chi connectivity index (χ0v) is 20.5. The molecule has 4 rings (SSSR count). The van der Waals surface area contributed by atoms with Crippen LogP contribution in [0, 0.1) is 0 Å². The third-order valence-electron chi connectivity index (χ3n) is 5.41. The Hall–Kier alpha value is -4.10. The highest BCUT2D eigenvalue weighted by atomic mass is 32.2. The smallest absolute Gasteiger partial charge is 0.387 e. The van der Waals surface area contributed by atoms with Gasteiger partial charge in [0.15, 0.2) is 5.82 Å². The average molecular weight is 532 g/mol. The van der Waals surface area contributed by atoms with Gasteiger partial charge in [0.1, 0.15) is 11.6 Å². The molecule has 3 aromatic rings. The number of ether oxygens (including phenoxy) is 2. The van der Waals surface area contributed by atoms with Gasteiger partial charge in [-0.2, -0.15) is 17.2 Å². The number of urea groups is 1. The summed E-state index contributed by atoms with van der Waals surface area (Å²) in [4.78, 5) is 23.5. The maximum atomic E-state index is 12.6. The first-order valence-corrected chi connectivity index (χ1v) is 12.2. The second-order valence-electron chi connectivity index (χ2n) is 7.86. The molecule has 2 N–H and O–H groups in total. The van der Waals surface area contributed by atoms with E-state index in [1.807, 2.05) is 4.90 Å². The van der Waals surface area contributed by atoms with Gasteiger partial charge in [0.2, 0.25) is 10.3 Å². The molecular formula is C24H23F2N5O5S. The van der Waals surface area contributed by atoms with Crippen LogP contribution >= 0.6 is 0 Å². The molecule has 13 heteroatoms. The van der Waals surface area contributed by atoms with Gasteiger partial charge in [0.05, 0.1) is 29.5 Å².